The van der Waals surface area contributed by atoms with Crippen LogP contribution in [0.15, 0.2) is 53.4 Å². The van der Waals surface area contributed by atoms with Gasteiger partial charge in [0.05, 0.1) is 15.9 Å². The Morgan fingerprint density at radius 2 is 1.60 bits per heavy atom. The number of imidazole rings is 1. The van der Waals surface area contributed by atoms with Crippen molar-refractivity contribution in [1.82, 2.24) is 8.96 Å². The lowest BCUT2D eigenvalue weighted by molar-refractivity contribution is 0.589. The third-order valence-corrected chi connectivity index (χ3v) is 5.16. The first-order chi connectivity index (χ1) is 9.50. The molecule has 0 unspecified atom stereocenters. The van der Waals surface area contributed by atoms with Crippen LogP contribution in [0.1, 0.15) is 0 Å². The van der Waals surface area contributed by atoms with Crippen molar-refractivity contribution in [3.8, 4) is 0 Å². The topological polar surface area (TPSA) is 52.0 Å². The first-order valence-electron chi connectivity index (χ1n) is 5.64. The minimum absolute atomic E-state index is 0.0962. The minimum atomic E-state index is -3.81. The Morgan fingerprint density at radius 1 is 0.950 bits per heavy atom. The molecule has 0 bridgehead atoms. The molecule has 0 aliphatic rings. The molecule has 20 heavy (non-hydrogen) atoms. The molecular weight excluding hydrogens is 319 g/mol. The maximum Gasteiger partial charge on any atom is 0.270 e. The van der Waals surface area contributed by atoms with E-state index in [-0.39, 0.29) is 10.2 Å². The van der Waals surface area contributed by atoms with E-state index >= 15 is 0 Å². The molecular formula is C13H8Cl2N2O2S. The van der Waals surface area contributed by atoms with Gasteiger partial charge >= 0.3 is 0 Å². The number of benzene rings is 2. The summed E-state index contributed by atoms with van der Waals surface area (Å²) < 4.78 is 26.3. The predicted molar refractivity (Wildman–Crippen MR) is 78.8 cm³/mol. The van der Waals surface area contributed by atoms with Gasteiger partial charge < -0.3 is 0 Å². The molecule has 0 aliphatic heterocycles. The number of para-hydroxylation sites is 2. The quantitative estimate of drug-likeness (QED) is 0.723. The standard InChI is InChI=1S/C13H8Cl2N2O2S/c14-9-5-7-10(8-6-9)20(18,19)17-12-4-2-1-3-11(12)16-13(17)15/h1-8H. The van der Waals surface area contributed by atoms with E-state index in [0.29, 0.717) is 16.1 Å². The molecule has 102 valence electrons. The van der Waals surface area contributed by atoms with Crippen LogP contribution >= 0.6 is 23.2 Å². The molecule has 0 aliphatic carbocycles. The summed E-state index contributed by atoms with van der Waals surface area (Å²) in [7, 11) is -3.81. The van der Waals surface area contributed by atoms with Crippen molar-refractivity contribution in [2.24, 2.45) is 0 Å². The summed E-state index contributed by atoms with van der Waals surface area (Å²) in [5, 5.41) is 0.367. The van der Waals surface area contributed by atoms with Gasteiger partial charge in [0.25, 0.3) is 10.0 Å². The Hall–Kier alpha value is -1.56. The summed E-state index contributed by atoms with van der Waals surface area (Å²) in [5.74, 6) is 0. The Balaban J connectivity index is 2.29. The smallest absolute Gasteiger partial charge is 0.217 e. The van der Waals surface area contributed by atoms with Crippen LogP contribution in [0.3, 0.4) is 0 Å². The Bertz CT molecular complexity index is 886. The van der Waals surface area contributed by atoms with Crippen molar-refractivity contribution in [2.75, 3.05) is 0 Å². The van der Waals surface area contributed by atoms with Crippen molar-refractivity contribution in [1.29, 1.82) is 0 Å². The second-order valence-electron chi connectivity index (χ2n) is 4.09. The number of fused-ring (bicyclic) bond motifs is 1. The molecule has 1 aromatic heterocycles. The van der Waals surface area contributed by atoms with Crippen LogP contribution in [-0.4, -0.2) is 17.4 Å². The van der Waals surface area contributed by atoms with Gasteiger partial charge in [-0.2, -0.15) is 0 Å². The maximum atomic E-state index is 12.6. The van der Waals surface area contributed by atoms with Crippen LogP contribution in [-0.2, 0) is 10.0 Å². The molecule has 2 aromatic carbocycles. The fraction of sp³-hybridized carbons (Fsp3) is 0. The highest BCUT2D eigenvalue weighted by Gasteiger charge is 2.23. The van der Waals surface area contributed by atoms with Crippen LogP contribution in [0, 0.1) is 0 Å². The zero-order chi connectivity index (χ0) is 14.3. The normalized spacial score (nSPS) is 11.9. The van der Waals surface area contributed by atoms with Gasteiger partial charge in [-0.25, -0.2) is 17.4 Å². The summed E-state index contributed by atoms with van der Waals surface area (Å²) in [6.07, 6.45) is 0. The van der Waals surface area contributed by atoms with E-state index in [4.69, 9.17) is 23.2 Å². The molecule has 3 rings (SSSR count). The van der Waals surface area contributed by atoms with Crippen molar-refractivity contribution in [3.05, 3.63) is 58.8 Å². The summed E-state index contributed by atoms with van der Waals surface area (Å²) in [6, 6.07) is 12.8. The molecule has 3 aromatic rings. The molecule has 0 atom stereocenters. The Labute approximate surface area is 125 Å². The minimum Gasteiger partial charge on any atom is -0.217 e. The van der Waals surface area contributed by atoms with Crippen LogP contribution in [0.2, 0.25) is 10.3 Å². The SMILES string of the molecule is O=S(=O)(c1ccc(Cl)cc1)n1c(Cl)nc2ccccc21. The molecule has 0 amide bonds. The van der Waals surface area contributed by atoms with Gasteiger partial charge in [-0.3, -0.25) is 0 Å². The van der Waals surface area contributed by atoms with E-state index in [1.54, 1.807) is 24.3 Å². The van der Waals surface area contributed by atoms with Crippen molar-refractivity contribution in [2.45, 2.75) is 4.90 Å². The number of rotatable bonds is 2. The van der Waals surface area contributed by atoms with Gasteiger partial charge in [0.1, 0.15) is 0 Å². The average Bonchev–Trinajstić information content (AvgIpc) is 2.75. The molecule has 0 spiro atoms. The van der Waals surface area contributed by atoms with E-state index in [1.807, 2.05) is 0 Å². The van der Waals surface area contributed by atoms with Gasteiger partial charge in [-0.15, -0.1) is 0 Å². The fourth-order valence-corrected chi connectivity index (χ4v) is 3.84. The van der Waals surface area contributed by atoms with Crippen LogP contribution in [0.4, 0.5) is 0 Å². The number of aromatic nitrogens is 2. The highest BCUT2D eigenvalue weighted by atomic mass is 35.5. The van der Waals surface area contributed by atoms with Crippen LogP contribution in [0.25, 0.3) is 11.0 Å². The van der Waals surface area contributed by atoms with E-state index in [1.165, 1.54) is 24.3 Å². The fourth-order valence-electron chi connectivity index (χ4n) is 1.92. The highest BCUT2D eigenvalue weighted by Crippen LogP contribution is 2.26. The summed E-state index contributed by atoms with van der Waals surface area (Å²) >= 11 is 11.8. The largest absolute Gasteiger partial charge is 0.270 e. The molecule has 7 heteroatoms. The molecule has 0 radical (unpaired) electrons. The van der Waals surface area contributed by atoms with Crippen LogP contribution in [0.5, 0.6) is 0 Å². The molecule has 0 saturated heterocycles. The van der Waals surface area contributed by atoms with Crippen molar-refractivity contribution in [3.63, 3.8) is 0 Å². The third kappa shape index (κ3) is 2.08. The Kier molecular flexibility index (Phi) is 3.20. The lowest BCUT2D eigenvalue weighted by Gasteiger charge is -2.07. The summed E-state index contributed by atoms with van der Waals surface area (Å²) in [6.45, 7) is 0. The van der Waals surface area contributed by atoms with Crippen LogP contribution < -0.4 is 0 Å². The molecule has 0 saturated carbocycles. The number of hydrogen-bond acceptors (Lipinski definition) is 3. The zero-order valence-electron chi connectivity index (χ0n) is 9.99. The molecule has 0 N–H and O–H groups in total. The lowest BCUT2D eigenvalue weighted by atomic mass is 10.3. The summed E-state index contributed by atoms with van der Waals surface area (Å²) in [4.78, 5) is 4.15. The number of hydrogen-bond donors (Lipinski definition) is 0. The van der Waals surface area contributed by atoms with Gasteiger partial charge in [0.2, 0.25) is 5.28 Å². The summed E-state index contributed by atoms with van der Waals surface area (Å²) in [5.41, 5.74) is 0.961. The monoisotopic (exact) mass is 326 g/mol. The van der Waals surface area contributed by atoms with E-state index in [9.17, 15) is 8.42 Å². The first-order valence-corrected chi connectivity index (χ1v) is 7.84. The molecule has 1 heterocycles. The predicted octanol–water partition coefficient (Wildman–Crippen LogP) is 3.58. The third-order valence-electron chi connectivity index (χ3n) is 2.83. The van der Waals surface area contributed by atoms with Gasteiger partial charge in [-0.1, -0.05) is 23.7 Å². The Morgan fingerprint density at radius 3 is 2.30 bits per heavy atom. The van der Waals surface area contributed by atoms with E-state index in [0.717, 1.165) is 3.97 Å². The zero-order valence-corrected chi connectivity index (χ0v) is 12.3. The van der Waals surface area contributed by atoms with E-state index < -0.39 is 10.0 Å². The second kappa shape index (κ2) is 4.77. The van der Waals surface area contributed by atoms with E-state index in [2.05, 4.69) is 4.98 Å². The van der Waals surface area contributed by atoms with Gasteiger partial charge in [-0.05, 0) is 48.0 Å². The first kappa shape index (κ1) is 13.4. The van der Waals surface area contributed by atoms with Crippen molar-refractivity contribution >= 4 is 44.3 Å². The van der Waals surface area contributed by atoms with Gasteiger partial charge in [0.15, 0.2) is 0 Å². The molecule has 4 nitrogen and oxygen atoms in total. The second-order valence-corrected chi connectivity index (χ2v) is 6.65. The van der Waals surface area contributed by atoms with Gasteiger partial charge in [0, 0.05) is 5.02 Å². The van der Waals surface area contributed by atoms with Crippen molar-refractivity contribution < 1.29 is 8.42 Å². The number of nitrogens with zero attached hydrogens (tertiary/aromatic N) is 2. The highest BCUT2D eigenvalue weighted by molar-refractivity contribution is 7.90. The lowest BCUT2D eigenvalue weighted by Crippen LogP contribution is -2.12. The number of halogens is 2. The maximum absolute atomic E-state index is 12.6. The average molecular weight is 327 g/mol. The molecule has 0 fully saturated rings.